The highest BCUT2D eigenvalue weighted by molar-refractivity contribution is 4.88. The van der Waals surface area contributed by atoms with Crippen molar-refractivity contribution in [1.29, 1.82) is 0 Å². The van der Waals surface area contributed by atoms with Gasteiger partial charge in [-0.3, -0.25) is 4.90 Å². The van der Waals surface area contributed by atoms with Gasteiger partial charge in [-0.15, -0.1) is 6.42 Å². The van der Waals surface area contributed by atoms with Gasteiger partial charge in [0, 0.05) is 13.1 Å². The SMILES string of the molecule is C#CCN(CCCN(C)C)CCCN(C)C. The topological polar surface area (TPSA) is 9.72 Å². The van der Waals surface area contributed by atoms with Crippen LogP contribution in [0.15, 0.2) is 0 Å². The third-order valence-corrected chi connectivity index (χ3v) is 2.47. The van der Waals surface area contributed by atoms with Crippen molar-refractivity contribution < 1.29 is 0 Å². The summed E-state index contributed by atoms with van der Waals surface area (Å²) < 4.78 is 0. The molecule has 0 saturated carbocycles. The van der Waals surface area contributed by atoms with Gasteiger partial charge in [0.25, 0.3) is 0 Å². The van der Waals surface area contributed by atoms with Crippen LogP contribution in [0.2, 0.25) is 0 Å². The maximum atomic E-state index is 5.38. The molecule has 0 atom stereocenters. The second kappa shape index (κ2) is 9.65. The van der Waals surface area contributed by atoms with Crippen LogP contribution < -0.4 is 0 Å². The molecule has 0 aromatic heterocycles. The van der Waals surface area contributed by atoms with Crippen molar-refractivity contribution in [3.63, 3.8) is 0 Å². The molecule has 0 radical (unpaired) electrons. The molecular formula is C13H27N3. The normalized spacial score (nSPS) is 11.4. The van der Waals surface area contributed by atoms with Crippen molar-refractivity contribution in [2.75, 3.05) is 60.9 Å². The fourth-order valence-corrected chi connectivity index (χ4v) is 1.62. The first-order valence-corrected chi connectivity index (χ1v) is 6.01. The van der Waals surface area contributed by atoms with Gasteiger partial charge in [-0.05, 0) is 54.1 Å². The van der Waals surface area contributed by atoms with Crippen LogP contribution in [0.3, 0.4) is 0 Å². The van der Waals surface area contributed by atoms with Crippen molar-refractivity contribution in [2.24, 2.45) is 0 Å². The van der Waals surface area contributed by atoms with E-state index in [1.807, 2.05) is 0 Å². The van der Waals surface area contributed by atoms with Crippen LogP contribution in [0.5, 0.6) is 0 Å². The Morgan fingerprint density at radius 3 is 1.56 bits per heavy atom. The molecule has 0 N–H and O–H groups in total. The Balaban J connectivity index is 3.67. The van der Waals surface area contributed by atoms with E-state index in [0.717, 1.165) is 32.7 Å². The highest BCUT2D eigenvalue weighted by atomic mass is 15.1. The van der Waals surface area contributed by atoms with Crippen molar-refractivity contribution >= 4 is 0 Å². The van der Waals surface area contributed by atoms with Gasteiger partial charge in [0.1, 0.15) is 0 Å². The number of nitrogens with zero attached hydrogens (tertiary/aromatic N) is 3. The van der Waals surface area contributed by atoms with Gasteiger partial charge in [0.2, 0.25) is 0 Å². The lowest BCUT2D eigenvalue weighted by molar-refractivity contribution is 0.263. The Bertz CT molecular complexity index is 180. The molecule has 3 heteroatoms. The molecule has 3 nitrogen and oxygen atoms in total. The molecule has 0 saturated heterocycles. The molecule has 0 unspecified atom stereocenters. The molecule has 0 amide bonds. The van der Waals surface area contributed by atoms with E-state index in [1.54, 1.807) is 0 Å². The first-order chi connectivity index (χ1) is 7.56. The monoisotopic (exact) mass is 225 g/mol. The first kappa shape index (κ1) is 15.4. The third-order valence-electron chi connectivity index (χ3n) is 2.47. The molecule has 0 heterocycles. The molecule has 16 heavy (non-hydrogen) atoms. The van der Waals surface area contributed by atoms with E-state index in [0.29, 0.717) is 0 Å². The van der Waals surface area contributed by atoms with E-state index in [2.05, 4.69) is 48.8 Å². The van der Waals surface area contributed by atoms with Crippen LogP contribution in [0.25, 0.3) is 0 Å². The third kappa shape index (κ3) is 9.97. The summed E-state index contributed by atoms with van der Waals surface area (Å²) in [6.07, 6.45) is 7.76. The van der Waals surface area contributed by atoms with Gasteiger partial charge in [0.05, 0.1) is 6.54 Å². The van der Waals surface area contributed by atoms with Gasteiger partial charge >= 0.3 is 0 Å². The Labute approximate surface area is 101 Å². The average Bonchev–Trinajstić information content (AvgIpc) is 2.16. The zero-order valence-electron chi connectivity index (χ0n) is 11.4. The van der Waals surface area contributed by atoms with Crippen molar-refractivity contribution in [3.8, 4) is 12.3 Å². The van der Waals surface area contributed by atoms with Gasteiger partial charge in [-0.2, -0.15) is 0 Å². The van der Waals surface area contributed by atoms with Crippen molar-refractivity contribution in [2.45, 2.75) is 12.8 Å². The molecule has 0 spiro atoms. The lowest BCUT2D eigenvalue weighted by Crippen LogP contribution is -2.30. The van der Waals surface area contributed by atoms with Gasteiger partial charge in [0.15, 0.2) is 0 Å². The number of hydrogen-bond acceptors (Lipinski definition) is 3. The summed E-state index contributed by atoms with van der Waals surface area (Å²) in [6.45, 7) is 5.26. The highest BCUT2D eigenvalue weighted by Crippen LogP contribution is 1.95. The zero-order chi connectivity index (χ0) is 12.4. The maximum Gasteiger partial charge on any atom is 0.0598 e. The van der Waals surface area contributed by atoms with E-state index in [1.165, 1.54) is 12.8 Å². The standard InChI is InChI=1S/C13H27N3/c1-6-9-16(12-7-10-14(2)3)13-8-11-15(4)5/h1H,7-13H2,2-5H3. The smallest absolute Gasteiger partial charge is 0.0598 e. The van der Waals surface area contributed by atoms with Crippen molar-refractivity contribution in [3.05, 3.63) is 0 Å². The molecule has 94 valence electrons. The van der Waals surface area contributed by atoms with Crippen LogP contribution in [0, 0.1) is 12.3 Å². The first-order valence-electron chi connectivity index (χ1n) is 6.01. The number of rotatable bonds is 9. The quantitative estimate of drug-likeness (QED) is 0.538. The summed E-state index contributed by atoms with van der Waals surface area (Å²) in [5, 5.41) is 0. The number of hydrogen-bond donors (Lipinski definition) is 0. The van der Waals surface area contributed by atoms with Gasteiger partial charge in [-0.1, -0.05) is 5.92 Å². The van der Waals surface area contributed by atoms with Crippen molar-refractivity contribution in [1.82, 2.24) is 14.7 Å². The highest BCUT2D eigenvalue weighted by Gasteiger charge is 2.03. The maximum absolute atomic E-state index is 5.38. The molecule has 0 aliphatic carbocycles. The van der Waals surface area contributed by atoms with Gasteiger partial charge < -0.3 is 9.80 Å². The summed E-state index contributed by atoms with van der Waals surface area (Å²) in [5.74, 6) is 2.74. The largest absolute Gasteiger partial charge is 0.309 e. The summed E-state index contributed by atoms with van der Waals surface area (Å²) >= 11 is 0. The Morgan fingerprint density at radius 2 is 1.25 bits per heavy atom. The lowest BCUT2D eigenvalue weighted by Gasteiger charge is -2.21. The zero-order valence-corrected chi connectivity index (χ0v) is 11.4. The van der Waals surface area contributed by atoms with Crippen LogP contribution in [-0.2, 0) is 0 Å². The minimum Gasteiger partial charge on any atom is -0.309 e. The molecule has 0 bridgehead atoms. The molecular weight excluding hydrogens is 198 g/mol. The fraction of sp³-hybridized carbons (Fsp3) is 0.846. The second-order valence-corrected chi connectivity index (χ2v) is 4.79. The van der Waals surface area contributed by atoms with Crippen LogP contribution in [0.4, 0.5) is 0 Å². The Hall–Kier alpha value is -0.560. The Morgan fingerprint density at radius 1 is 0.812 bits per heavy atom. The van der Waals surface area contributed by atoms with Crippen LogP contribution in [-0.4, -0.2) is 75.6 Å². The van der Waals surface area contributed by atoms with E-state index in [4.69, 9.17) is 6.42 Å². The summed E-state index contributed by atoms with van der Waals surface area (Å²) in [4.78, 5) is 6.80. The summed E-state index contributed by atoms with van der Waals surface area (Å²) in [5.41, 5.74) is 0. The lowest BCUT2D eigenvalue weighted by atomic mass is 10.3. The predicted molar refractivity (Wildman–Crippen MR) is 71.6 cm³/mol. The summed E-state index contributed by atoms with van der Waals surface area (Å²) in [7, 11) is 8.43. The fourth-order valence-electron chi connectivity index (χ4n) is 1.62. The van der Waals surface area contributed by atoms with E-state index in [9.17, 15) is 0 Å². The molecule has 0 aliphatic heterocycles. The van der Waals surface area contributed by atoms with Crippen LogP contribution in [0.1, 0.15) is 12.8 Å². The number of terminal acetylenes is 1. The minimum atomic E-state index is 0.779. The van der Waals surface area contributed by atoms with E-state index in [-0.39, 0.29) is 0 Å². The van der Waals surface area contributed by atoms with E-state index < -0.39 is 0 Å². The molecule has 0 fully saturated rings. The molecule has 0 rings (SSSR count). The molecule has 0 aromatic rings. The van der Waals surface area contributed by atoms with Gasteiger partial charge in [-0.25, -0.2) is 0 Å². The molecule has 0 aliphatic rings. The Kier molecular flexibility index (Phi) is 9.31. The molecule has 0 aromatic carbocycles. The predicted octanol–water partition coefficient (Wildman–Crippen LogP) is 0.825. The van der Waals surface area contributed by atoms with E-state index >= 15 is 0 Å². The summed E-state index contributed by atoms with van der Waals surface area (Å²) in [6, 6.07) is 0. The second-order valence-electron chi connectivity index (χ2n) is 4.79. The minimum absolute atomic E-state index is 0.779. The average molecular weight is 225 g/mol. The van der Waals surface area contributed by atoms with Crippen LogP contribution >= 0.6 is 0 Å².